The van der Waals surface area contributed by atoms with Gasteiger partial charge in [0.2, 0.25) is 0 Å². The molecule has 0 spiro atoms. The zero-order valence-corrected chi connectivity index (χ0v) is 7.84. The molecule has 2 aliphatic rings. The lowest BCUT2D eigenvalue weighted by Crippen LogP contribution is -2.31. The summed E-state index contributed by atoms with van der Waals surface area (Å²) in [6.07, 6.45) is 7.05. The van der Waals surface area contributed by atoms with Gasteiger partial charge in [0.25, 0.3) is 0 Å². The van der Waals surface area contributed by atoms with E-state index in [1.54, 1.807) is 0 Å². The molecule has 12 heavy (non-hydrogen) atoms. The molecule has 2 atom stereocenters. The minimum absolute atomic E-state index is 0.855. The van der Waals surface area contributed by atoms with Gasteiger partial charge < -0.3 is 10.6 Å². The topological polar surface area (TPSA) is 29.3 Å². The van der Waals surface area contributed by atoms with Crippen molar-refractivity contribution in [1.82, 2.24) is 4.90 Å². The molecule has 1 aliphatic carbocycles. The summed E-state index contributed by atoms with van der Waals surface area (Å²) < 4.78 is 0. The number of nitrogens with zero attached hydrogens (tertiary/aromatic N) is 1. The minimum atomic E-state index is 0.855. The van der Waals surface area contributed by atoms with Crippen LogP contribution in [0.15, 0.2) is 0 Å². The molecule has 70 valence electrons. The van der Waals surface area contributed by atoms with Crippen LogP contribution in [0.2, 0.25) is 0 Å². The first-order valence-electron chi connectivity index (χ1n) is 5.36. The Labute approximate surface area is 75.1 Å². The second-order valence-corrected chi connectivity index (χ2v) is 4.23. The summed E-state index contributed by atoms with van der Waals surface area (Å²) in [5.74, 6) is 1.04. The lowest BCUT2D eigenvalue weighted by molar-refractivity contribution is 0.240. The van der Waals surface area contributed by atoms with Crippen LogP contribution in [0.3, 0.4) is 0 Å². The smallest absolute Gasteiger partial charge is 0.0124 e. The van der Waals surface area contributed by atoms with Gasteiger partial charge in [0.15, 0.2) is 0 Å². The van der Waals surface area contributed by atoms with Crippen molar-refractivity contribution in [1.29, 1.82) is 0 Å². The highest BCUT2D eigenvalue weighted by atomic mass is 15.2. The van der Waals surface area contributed by atoms with Gasteiger partial charge in [0.05, 0.1) is 0 Å². The summed E-state index contributed by atoms with van der Waals surface area (Å²) >= 11 is 0. The first-order chi connectivity index (χ1) is 5.92. The molecule has 2 fully saturated rings. The zero-order chi connectivity index (χ0) is 8.39. The third-order valence-corrected chi connectivity index (χ3v) is 3.52. The summed E-state index contributed by atoms with van der Waals surface area (Å²) in [6, 6.07) is 0.941. The average molecular weight is 168 g/mol. The van der Waals surface area contributed by atoms with Gasteiger partial charge in [0, 0.05) is 6.04 Å². The molecule has 0 radical (unpaired) electrons. The Morgan fingerprint density at radius 3 is 3.00 bits per heavy atom. The van der Waals surface area contributed by atoms with E-state index in [-0.39, 0.29) is 0 Å². The second kappa shape index (κ2) is 3.75. The van der Waals surface area contributed by atoms with E-state index in [0.717, 1.165) is 18.5 Å². The van der Waals surface area contributed by atoms with Gasteiger partial charge >= 0.3 is 0 Å². The molecule has 1 aliphatic heterocycles. The van der Waals surface area contributed by atoms with Gasteiger partial charge in [-0.2, -0.15) is 0 Å². The number of hydrogen-bond acceptors (Lipinski definition) is 2. The fourth-order valence-corrected chi connectivity index (χ4v) is 2.90. The molecule has 0 aromatic heterocycles. The van der Waals surface area contributed by atoms with Gasteiger partial charge in [-0.1, -0.05) is 6.42 Å². The second-order valence-electron chi connectivity index (χ2n) is 4.23. The Balaban J connectivity index is 1.83. The molecule has 2 N–H and O–H groups in total. The van der Waals surface area contributed by atoms with Crippen LogP contribution in [0.4, 0.5) is 0 Å². The molecule has 0 aromatic rings. The Kier molecular flexibility index (Phi) is 2.66. The average Bonchev–Trinajstić information content (AvgIpc) is 2.62. The van der Waals surface area contributed by atoms with Crippen LogP contribution >= 0.6 is 0 Å². The van der Waals surface area contributed by atoms with E-state index in [0.29, 0.717) is 0 Å². The first-order valence-corrected chi connectivity index (χ1v) is 5.36. The Morgan fingerprint density at radius 1 is 1.25 bits per heavy atom. The molecule has 2 nitrogen and oxygen atoms in total. The molecule has 1 saturated carbocycles. The maximum absolute atomic E-state index is 5.52. The van der Waals surface area contributed by atoms with Gasteiger partial charge in [0.1, 0.15) is 0 Å². The van der Waals surface area contributed by atoms with Crippen LogP contribution in [0.5, 0.6) is 0 Å². The lowest BCUT2D eigenvalue weighted by Gasteiger charge is -2.22. The Bertz CT molecular complexity index is 147. The number of fused-ring (bicyclic) bond motifs is 1. The highest BCUT2D eigenvalue weighted by Crippen LogP contribution is 2.37. The van der Waals surface area contributed by atoms with E-state index in [1.165, 1.54) is 45.2 Å². The Morgan fingerprint density at radius 2 is 2.17 bits per heavy atom. The molecule has 2 heteroatoms. The van der Waals surface area contributed by atoms with Crippen LogP contribution in [0.25, 0.3) is 0 Å². The third kappa shape index (κ3) is 1.50. The standard InChI is InChI=1S/C10H20N2/c11-6-2-7-12-8-5-9-3-1-4-10(9)12/h9-10H,1-8,11H2. The van der Waals surface area contributed by atoms with Crippen molar-refractivity contribution < 1.29 is 0 Å². The van der Waals surface area contributed by atoms with Crippen molar-refractivity contribution >= 4 is 0 Å². The molecule has 0 amide bonds. The molecule has 2 rings (SSSR count). The molecule has 1 heterocycles. The number of rotatable bonds is 3. The third-order valence-electron chi connectivity index (χ3n) is 3.52. The number of nitrogens with two attached hydrogens (primary N) is 1. The van der Waals surface area contributed by atoms with Crippen LogP contribution in [0, 0.1) is 5.92 Å². The Hall–Kier alpha value is -0.0800. The van der Waals surface area contributed by atoms with Crippen molar-refractivity contribution in [2.45, 2.75) is 38.1 Å². The summed E-state index contributed by atoms with van der Waals surface area (Å²) in [7, 11) is 0. The molecule has 1 saturated heterocycles. The molecular weight excluding hydrogens is 148 g/mol. The predicted molar refractivity (Wildman–Crippen MR) is 51.0 cm³/mol. The monoisotopic (exact) mass is 168 g/mol. The van der Waals surface area contributed by atoms with Crippen molar-refractivity contribution in [2.24, 2.45) is 11.7 Å². The van der Waals surface area contributed by atoms with Crippen molar-refractivity contribution in [3.05, 3.63) is 0 Å². The first kappa shape index (κ1) is 8.52. The van der Waals surface area contributed by atoms with Gasteiger partial charge in [-0.3, -0.25) is 0 Å². The van der Waals surface area contributed by atoms with Gasteiger partial charge in [-0.25, -0.2) is 0 Å². The van der Waals surface area contributed by atoms with E-state index in [9.17, 15) is 0 Å². The summed E-state index contributed by atoms with van der Waals surface area (Å²) in [6.45, 7) is 3.45. The van der Waals surface area contributed by atoms with Crippen molar-refractivity contribution in [3.63, 3.8) is 0 Å². The quantitative estimate of drug-likeness (QED) is 0.686. The normalized spacial score (nSPS) is 35.8. The van der Waals surface area contributed by atoms with E-state index in [4.69, 9.17) is 5.73 Å². The highest BCUT2D eigenvalue weighted by Gasteiger charge is 2.36. The fourth-order valence-electron chi connectivity index (χ4n) is 2.90. The minimum Gasteiger partial charge on any atom is -0.330 e. The van der Waals surface area contributed by atoms with E-state index in [1.807, 2.05) is 0 Å². The van der Waals surface area contributed by atoms with E-state index in [2.05, 4.69) is 4.90 Å². The van der Waals surface area contributed by atoms with E-state index < -0.39 is 0 Å². The van der Waals surface area contributed by atoms with Crippen LogP contribution in [-0.4, -0.2) is 30.6 Å². The van der Waals surface area contributed by atoms with Crippen LogP contribution in [-0.2, 0) is 0 Å². The van der Waals surface area contributed by atoms with Crippen molar-refractivity contribution in [2.75, 3.05) is 19.6 Å². The van der Waals surface area contributed by atoms with Crippen LogP contribution < -0.4 is 5.73 Å². The van der Waals surface area contributed by atoms with E-state index >= 15 is 0 Å². The molecule has 0 aromatic carbocycles. The van der Waals surface area contributed by atoms with Crippen LogP contribution in [0.1, 0.15) is 32.1 Å². The molecular formula is C10H20N2. The lowest BCUT2D eigenvalue weighted by atomic mass is 10.0. The fraction of sp³-hybridized carbons (Fsp3) is 1.00. The van der Waals surface area contributed by atoms with Crippen molar-refractivity contribution in [3.8, 4) is 0 Å². The summed E-state index contributed by atoms with van der Waals surface area (Å²) in [5, 5.41) is 0. The number of hydrogen-bond donors (Lipinski definition) is 1. The number of likely N-dealkylation sites (tertiary alicyclic amines) is 1. The summed E-state index contributed by atoms with van der Waals surface area (Å²) in [5.41, 5.74) is 5.52. The highest BCUT2D eigenvalue weighted by molar-refractivity contribution is 4.91. The zero-order valence-electron chi connectivity index (χ0n) is 7.84. The molecule has 0 bridgehead atoms. The largest absolute Gasteiger partial charge is 0.330 e. The molecule has 2 unspecified atom stereocenters. The predicted octanol–water partition coefficient (Wildman–Crippen LogP) is 1.21. The maximum Gasteiger partial charge on any atom is 0.0124 e. The van der Waals surface area contributed by atoms with Gasteiger partial charge in [-0.05, 0) is 51.2 Å². The maximum atomic E-state index is 5.52. The van der Waals surface area contributed by atoms with Gasteiger partial charge in [-0.15, -0.1) is 0 Å². The SMILES string of the molecule is NCCCN1CCC2CCCC21. The summed E-state index contributed by atoms with van der Waals surface area (Å²) in [4.78, 5) is 2.67.